The van der Waals surface area contributed by atoms with E-state index >= 15 is 0 Å². The van der Waals surface area contributed by atoms with Crippen LogP contribution in [0.5, 0.6) is 0 Å². The summed E-state index contributed by atoms with van der Waals surface area (Å²) in [7, 11) is 0. The molecule has 0 aromatic heterocycles. The normalized spacial score (nSPS) is 10.2. The topological polar surface area (TPSA) is 55.4 Å². The average molecular weight is 315 g/mol. The van der Waals surface area contributed by atoms with Crippen molar-refractivity contribution in [2.75, 3.05) is 18.9 Å². The smallest absolute Gasteiger partial charge is 0.316 e. The molecule has 0 radical (unpaired) electrons. The number of esters is 1. The molecule has 5 heteroatoms. The van der Waals surface area contributed by atoms with Crippen molar-refractivity contribution >= 4 is 34.4 Å². The van der Waals surface area contributed by atoms with Gasteiger partial charge in [-0.15, -0.1) is 18.3 Å². The van der Waals surface area contributed by atoms with Crippen LogP contribution >= 0.6 is 11.8 Å². The third kappa shape index (κ3) is 4.93. The van der Waals surface area contributed by atoms with Gasteiger partial charge in [0.1, 0.15) is 0 Å². The zero-order chi connectivity index (χ0) is 15.8. The average Bonchev–Trinajstić information content (AvgIpc) is 2.56. The standard InChI is InChI=1S/C17H17NO3S/c1-2-9-18-16(19)11-21-17(20)12-22-15-8-7-13-5-3-4-6-14(13)10-15/h2-8,10H,1,9,11-12H2,(H,18,19). The fourth-order valence-electron chi connectivity index (χ4n) is 1.82. The van der Waals surface area contributed by atoms with Crippen LogP contribution in [-0.4, -0.2) is 30.8 Å². The minimum Gasteiger partial charge on any atom is -0.455 e. The highest BCUT2D eigenvalue weighted by molar-refractivity contribution is 8.00. The Labute approximate surface area is 133 Å². The van der Waals surface area contributed by atoms with Crippen molar-refractivity contribution in [1.82, 2.24) is 5.32 Å². The Bertz CT molecular complexity index is 684. The van der Waals surface area contributed by atoms with Gasteiger partial charge in [-0.25, -0.2) is 0 Å². The van der Waals surface area contributed by atoms with Gasteiger partial charge in [-0.05, 0) is 22.9 Å². The molecule has 0 atom stereocenters. The zero-order valence-corrected chi connectivity index (χ0v) is 12.9. The van der Waals surface area contributed by atoms with E-state index in [0.29, 0.717) is 6.54 Å². The maximum atomic E-state index is 11.6. The number of fused-ring (bicyclic) bond motifs is 1. The molecule has 0 aliphatic carbocycles. The lowest BCUT2D eigenvalue weighted by atomic mass is 10.1. The van der Waals surface area contributed by atoms with Crippen LogP contribution < -0.4 is 5.32 Å². The quantitative estimate of drug-likeness (QED) is 0.485. The first-order valence-electron chi connectivity index (χ1n) is 6.84. The highest BCUT2D eigenvalue weighted by Crippen LogP contribution is 2.23. The van der Waals surface area contributed by atoms with Gasteiger partial charge in [0.15, 0.2) is 6.61 Å². The van der Waals surface area contributed by atoms with Crippen LogP contribution in [0.15, 0.2) is 60.0 Å². The minimum absolute atomic E-state index is 0.174. The van der Waals surface area contributed by atoms with Crippen LogP contribution in [-0.2, 0) is 14.3 Å². The molecular weight excluding hydrogens is 298 g/mol. The maximum Gasteiger partial charge on any atom is 0.316 e. The Morgan fingerprint density at radius 2 is 1.95 bits per heavy atom. The van der Waals surface area contributed by atoms with Crippen molar-refractivity contribution in [3.63, 3.8) is 0 Å². The maximum absolute atomic E-state index is 11.6. The summed E-state index contributed by atoms with van der Waals surface area (Å²) < 4.78 is 4.90. The van der Waals surface area contributed by atoms with Crippen molar-refractivity contribution in [3.05, 3.63) is 55.1 Å². The van der Waals surface area contributed by atoms with Crippen molar-refractivity contribution in [2.45, 2.75) is 4.90 Å². The first kappa shape index (κ1) is 16.1. The van der Waals surface area contributed by atoms with Crippen molar-refractivity contribution in [2.24, 2.45) is 0 Å². The zero-order valence-electron chi connectivity index (χ0n) is 12.1. The Morgan fingerprint density at radius 1 is 1.18 bits per heavy atom. The van der Waals surface area contributed by atoms with E-state index in [2.05, 4.69) is 11.9 Å². The molecule has 114 valence electrons. The second kappa shape index (κ2) is 8.24. The first-order chi connectivity index (χ1) is 10.7. The summed E-state index contributed by atoms with van der Waals surface area (Å²) in [5.41, 5.74) is 0. The molecule has 1 amide bonds. The molecule has 0 heterocycles. The van der Waals surface area contributed by atoms with Crippen LogP contribution in [0.4, 0.5) is 0 Å². The van der Waals surface area contributed by atoms with Gasteiger partial charge in [0, 0.05) is 11.4 Å². The summed E-state index contributed by atoms with van der Waals surface area (Å²) in [6.07, 6.45) is 1.56. The molecule has 0 bridgehead atoms. The summed E-state index contributed by atoms with van der Waals surface area (Å²) >= 11 is 1.39. The molecule has 0 spiro atoms. The highest BCUT2D eigenvalue weighted by Gasteiger charge is 2.08. The number of ether oxygens (including phenoxy) is 1. The molecule has 1 N–H and O–H groups in total. The molecule has 2 rings (SSSR count). The number of carbonyl (C=O) groups is 2. The fraction of sp³-hybridized carbons (Fsp3) is 0.176. The molecule has 2 aromatic rings. The fourth-order valence-corrected chi connectivity index (χ4v) is 2.57. The summed E-state index contributed by atoms with van der Waals surface area (Å²) in [4.78, 5) is 23.9. The molecular formula is C17H17NO3S. The van der Waals surface area contributed by atoms with Gasteiger partial charge in [-0.3, -0.25) is 9.59 Å². The lowest BCUT2D eigenvalue weighted by Crippen LogP contribution is -2.29. The van der Waals surface area contributed by atoms with Crippen LogP contribution in [0.3, 0.4) is 0 Å². The monoisotopic (exact) mass is 315 g/mol. The van der Waals surface area contributed by atoms with Gasteiger partial charge >= 0.3 is 5.97 Å². The number of thioether (sulfide) groups is 1. The molecule has 4 nitrogen and oxygen atoms in total. The molecule has 0 unspecified atom stereocenters. The predicted octanol–water partition coefficient (Wildman–Crippen LogP) is 2.78. The Balaban J connectivity index is 1.79. The van der Waals surface area contributed by atoms with Gasteiger partial charge in [-0.1, -0.05) is 36.4 Å². The Morgan fingerprint density at radius 3 is 2.73 bits per heavy atom. The third-order valence-electron chi connectivity index (χ3n) is 2.89. The minimum atomic E-state index is -0.410. The molecule has 0 aliphatic rings. The second-order valence-electron chi connectivity index (χ2n) is 4.55. The summed E-state index contributed by atoms with van der Waals surface area (Å²) in [5.74, 6) is -0.566. The van der Waals surface area contributed by atoms with Gasteiger partial charge in [0.25, 0.3) is 5.91 Å². The van der Waals surface area contributed by atoms with Crippen LogP contribution in [0.25, 0.3) is 10.8 Å². The first-order valence-corrected chi connectivity index (χ1v) is 7.82. The molecule has 0 aliphatic heterocycles. The number of hydrogen-bond donors (Lipinski definition) is 1. The van der Waals surface area contributed by atoms with E-state index in [1.165, 1.54) is 11.8 Å². The predicted molar refractivity (Wildman–Crippen MR) is 88.8 cm³/mol. The van der Waals surface area contributed by atoms with Crippen LogP contribution in [0, 0.1) is 0 Å². The molecule has 0 saturated heterocycles. The summed E-state index contributed by atoms with van der Waals surface area (Å²) in [6, 6.07) is 14.1. The number of carbonyl (C=O) groups excluding carboxylic acids is 2. The van der Waals surface area contributed by atoms with E-state index in [1.807, 2.05) is 42.5 Å². The van der Waals surface area contributed by atoms with Gasteiger partial charge in [-0.2, -0.15) is 0 Å². The van der Waals surface area contributed by atoms with E-state index in [4.69, 9.17) is 4.74 Å². The van der Waals surface area contributed by atoms with E-state index in [0.717, 1.165) is 15.7 Å². The van der Waals surface area contributed by atoms with Crippen LogP contribution in [0.2, 0.25) is 0 Å². The summed E-state index contributed by atoms with van der Waals surface area (Å²) in [5, 5.41) is 4.83. The van der Waals surface area contributed by atoms with E-state index in [1.54, 1.807) is 6.08 Å². The Kier molecular flexibility index (Phi) is 6.03. The van der Waals surface area contributed by atoms with Gasteiger partial charge in [0.2, 0.25) is 0 Å². The van der Waals surface area contributed by atoms with Crippen molar-refractivity contribution < 1.29 is 14.3 Å². The van der Waals surface area contributed by atoms with Gasteiger partial charge < -0.3 is 10.1 Å². The number of benzene rings is 2. The third-order valence-corrected chi connectivity index (χ3v) is 3.85. The highest BCUT2D eigenvalue weighted by atomic mass is 32.2. The Hall–Kier alpha value is -2.27. The van der Waals surface area contributed by atoms with Crippen molar-refractivity contribution in [1.29, 1.82) is 0 Å². The lowest BCUT2D eigenvalue weighted by molar-refractivity contribution is -0.145. The molecule has 0 fully saturated rings. The van der Waals surface area contributed by atoms with E-state index in [9.17, 15) is 9.59 Å². The molecule has 22 heavy (non-hydrogen) atoms. The van der Waals surface area contributed by atoms with Crippen LogP contribution in [0.1, 0.15) is 0 Å². The number of amides is 1. The number of hydrogen-bond acceptors (Lipinski definition) is 4. The number of nitrogens with one attached hydrogen (secondary N) is 1. The van der Waals surface area contributed by atoms with E-state index < -0.39 is 5.97 Å². The summed E-state index contributed by atoms with van der Waals surface area (Å²) in [6.45, 7) is 3.59. The van der Waals surface area contributed by atoms with Crippen molar-refractivity contribution in [3.8, 4) is 0 Å². The largest absolute Gasteiger partial charge is 0.455 e. The second-order valence-corrected chi connectivity index (χ2v) is 5.60. The van der Waals surface area contributed by atoms with E-state index in [-0.39, 0.29) is 18.3 Å². The molecule has 0 saturated carbocycles. The SMILES string of the molecule is C=CCNC(=O)COC(=O)CSc1ccc2ccccc2c1. The van der Waals surface area contributed by atoms with Gasteiger partial charge in [0.05, 0.1) is 5.75 Å². The lowest BCUT2D eigenvalue weighted by Gasteiger charge is -2.06. The number of rotatable bonds is 7. The molecule has 2 aromatic carbocycles.